The van der Waals surface area contributed by atoms with Gasteiger partial charge in [0.2, 0.25) is 0 Å². The van der Waals surface area contributed by atoms with E-state index in [9.17, 15) is 0 Å². The second-order valence-electron chi connectivity index (χ2n) is 9.69. The van der Waals surface area contributed by atoms with Crippen molar-refractivity contribution in [3.8, 4) is 22.5 Å². The number of rotatable bonds is 4. The molecule has 1 N–H and O–H groups in total. The Morgan fingerprint density at radius 3 is 2.32 bits per heavy atom. The van der Waals surface area contributed by atoms with Crippen LogP contribution in [-0.2, 0) is 0 Å². The molecule has 0 amide bonds. The highest BCUT2D eigenvalue weighted by Gasteiger charge is 2.23. The number of pyridine rings is 1. The lowest BCUT2D eigenvalue weighted by atomic mass is 10.0. The number of aromatic nitrogens is 3. The molecule has 5 aromatic rings. The van der Waals surface area contributed by atoms with E-state index in [0.717, 1.165) is 54.0 Å². The number of hydrogen-bond donors (Lipinski definition) is 1. The minimum absolute atomic E-state index is 0.407. The Labute approximate surface area is 200 Å². The summed E-state index contributed by atoms with van der Waals surface area (Å²) >= 11 is 0. The zero-order chi connectivity index (χ0) is 23.1. The van der Waals surface area contributed by atoms with Gasteiger partial charge in [0.05, 0.1) is 0 Å². The first-order chi connectivity index (χ1) is 16.7. The van der Waals surface area contributed by atoms with Crippen LogP contribution in [0.2, 0.25) is 0 Å². The normalized spacial score (nSPS) is 14.9. The van der Waals surface area contributed by atoms with E-state index in [0.29, 0.717) is 12.0 Å². The molecule has 34 heavy (non-hydrogen) atoms. The molecule has 0 radical (unpaired) electrons. The van der Waals surface area contributed by atoms with Crippen molar-refractivity contribution in [1.82, 2.24) is 19.9 Å². The van der Waals surface area contributed by atoms with Gasteiger partial charge in [-0.1, -0.05) is 74.5 Å². The van der Waals surface area contributed by atoms with Crippen LogP contribution in [0.1, 0.15) is 44.2 Å². The number of nitrogens with zero attached hydrogens (tertiary/aromatic N) is 3. The molecule has 0 aliphatic carbocycles. The Hall–Kier alpha value is -3.50. The smallest absolute Gasteiger partial charge is 0.160 e. The maximum Gasteiger partial charge on any atom is 0.160 e. The molecular weight excluding hydrogens is 416 g/mol. The number of benzene rings is 3. The lowest BCUT2D eigenvalue weighted by Gasteiger charge is -2.26. The Morgan fingerprint density at radius 2 is 1.56 bits per heavy atom. The molecule has 0 spiro atoms. The van der Waals surface area contributed by atoms with Gasteiger partial charge in [-0.3, -0.25) is 0 Å². The van der Waals surface area contributed by atoms with E-state index in [1.807, 2.05) is 6.20 Å². The third-order valence-corrected chi connectivity index (χ3v) is 7.12. The van der Waals surface area contributed by atoms with Crippen LogP contribution in [0.4, 0.5) is 0 Å². The van der Waals surface area contributed by atoms with E-state index >= 15 is 0 Å². The van der Waals surface area contributed by atoms with Crippen molar-refractivity contribution >= 4 is 21.9 Å². The summed E-state index contributed by atoms with van der Waals surface area (Å²) in [5.41, 5.74) is 6.74. The fourth-order valence-electron chi connectivity index (χ4n) is 5.14. The van der Waals surface area contributed by atoms with Gasteiger partial charge >= 0.3 is 0 Å². The van der Waals surface area contributed by atoms with Crippen LogP contribution in [0, 0.1) is 0 Å². The van der Waals surface area contributed by atoms with Gasteiger partial charge in [0.1, 0.15) is 11.3 Å². The molecule has 1 fully saturated rings. The first-order valence-electron chi connectivity index (χ1n) is 12.4. The molecule has 3 heterocycles. The van der Waals surface area contributed by atoms with Gasteiger partial charge in [0.15, 0.2) is 5.65 Å². The van der Waals surface area contributed by atoms with Gasteiger partial charge in [0.25, 0.3) is 0 Å². The first kappa shape index (κ1) is 21.1. The lowest BCUT2D eigenvalue weighted by Crippen LogP contribution is -2.29. The topological polar surface area (TPSA) is 42.7 Å². The molecule has 2 aromatic heterocycles. The summed E-state index contributed by atoms with van der Waals surface area (Å²) in [4.78, 5) is 10.1. The summed E-state index contributed by atoms with van der Waals surface area (Å²) in [6, 6.07) is 26.6. The van der Waals surface area contributed by atoms with Crippen LogP contribution in [0.25, 0.3) is 44.5 Å². The SMILES string of the molecule is CC(C)c1ccc(-c2nc3cc(-c4ccc5ccccc5c4)cnc3n2C2CCNCC2)cc1. The van der Waals surface area contributed by atoms with Crippen molar-refractivity contribution in [2.45, 2.75) is 38.6 Å². The van der Waals surface area contributed by atoms with Gasteiger partial charge in [-0.05, 0) is 65.9 Å². The zero-order valence-electron chi connectivity index (χ0n) is 19.8. The maximum absolute atomic E-state index is 5.16. The molecule has 0 unspecified atom stereocenters. The second kappa shape index (κ2) is 8.69. The first-order valence-corrected chi connectivity index (χ1v) is 12.4. The maximum atomic E-state index is 5.16. The van der Waals surface area contributed by atoms with Crippen LogP contribution in [0.3, 0.4) is 0 Å². The van der Waals surface area contributed by atoms with Gasteiger partial charge in [0, 0.05) is 23.4 Å². The number of hydrogen-bond acceptors (Lipinski definition) is 3. The number of imidazole rings is 1. The van der Waals surface area contributed by atoms with Crippen LogP contribution >= 0.6 is 0 Å². The van der Waals surface area contributed by atoms with Crippen LogP contribution < -0.4 is 5.32 Å². The standard InChI is InChI=1S/C30H30N4/c1-20(2)21-7-10-23(11-8-21)29-33-28-18-26(25-12-9-22-5-3-4-6-24(22)17-25)19-32-30(28)34(29)27-13-15-31-16-14-27/h3-12,17-20,27,31H,13-16H2,1-2H3. The number of fused-ring (bicyclic) bond motifs is 2. The van der Waals surface area contributed by atoms with Crippen molar-refractivity contribution in [2.75, 3.05) is 13.1 Å². The molecule has 6 rings (SSSR count). The molecule has 0 saturated carbocycles. The fourth-order valence-corrected chi connectivity index (χ4v) is 5.14. The fraction of sp³-hybridized carbons (Fsp3) is 0.267. The zero-order valence-corrected chi connectivity index (χ0v) is 19.8. The average molecular weight is 447 g/mol. The predicted octanol–water partition coefficient (Wildman–Crippen LogP) is 6.97. The van der Waals surface area contributed by atoms with E-state index in [4.69, 9.17) is 9.97 Å². The van der Waals surface area contributed by atoms with Crippen LogP contribution in [0.15, 0.2) is 79.0 Å². The predicted molar refractivity (Wildman–Crippen MR) is 141 cm³/mol. The Kier molecular flexibility index (Phi) is 5.39. The molecule has 0 bridgehead atoms. The van der Waals surface area contributed by atoms with E-state index < -0.39 is 0 Å². The van der Waals surface area contributed by atoms with Crippen molar-refractivity contribution in [2.24, 2.45) is 0 Å². The Balaban J connectivity index is 1.48. The van der Waals surface area contributed by atoms with E-state index in [2.05, 4.69) is 96.5 Å². The van der Waals surface area contributed by atoms with Crippen molar-refractivity contribution in [1.29, 1.82) is 0 Å². The highest BCUT2D eigenvalue weighted by Crippen LogP contribution is 2.34. The molecule has 3 aromatic carbocycles. The van der Waals surface area contributed by atoms with Crippen molar-refractivity contribution in [3.05, 3.63) is 84.6 Å². The molecule has 1 aliphatic rings. The van der Waals surface area contributed by atoms with Gasteiger partial charge in [-0.25, -0.2) is 9.97 Å². The summed E-state index contributed by atoms with van der Waals surface area (Å²) in [6.07, 6.45) is 4.20. The summed E-state index contributed by atoms with van der Waals surface area (Å²) in [7, 11) is 0. The highest BCUT2D eigenvalue weighted by molar-refractivity contribution is 5.89. The van der Waals surface area contributed by atoms with E-state index in [-0.39, 0.29) is 0 Å². The summed E-state index contributed by atoms with van der Waals surface area (Å²) < 4.78 is 2.39. The molecule has 4 heteroatoms. The molecule has 1 saturated heterocycles. The monoisotopic (exact) mass is 446 g/mol. The minimum Gasteiger partial charge on any atom is -0.317 e. The molecule has 170 valence electrons. The van der Waals surface area contributed by atoms with Crippen LogP contribution in [0.5, 0.6) is 0 Å². The highest BCUT2D eigenvalue weighted by atomic mass is 15.2. The summed E-state index contributed by atoms with van der Waals surface area (Å²) in [5.74, 6) is 1.55. The molecule has 1 aliphatic heterocycles. The largest absolute Gasteiger partial charge is 0.317 e. The van der Waals surface area contributed by atoms with Gasteiger partial charge in [-0.2, -0.15) is 0 Å². The van der Waals surface area contributed by atoms with Crippen molar-refractivity contribution < 1.29 is 0 Å². The van der Waals surface area contributed by atoms with Gasteiger partial charge < -0.3 is 9.88 Å². The Bertz CT molecular complexity index is 1460. The van der Waals surface area contributed by atoms with Gasteiger partial charge in [-0.15, -0.1) is 0 Å². The number of nitrogens with one attached hydrogen (secondary N) is 1. The van der Waals surface area contributed by atoms with Crippen LogP contribution in [-0.4, -0.2) is 27.6 Å². The average Bonchev–Trinajstić information content (AvgIpc) is 3.28. The molecular formula is C30H30N4. The number of piperidine rings is 1. The summed E-state index contributed by atoms with van der Waals surface area (Å²) in [5, 5.41) is 5.99. The second-order valence-corrected chi connectivity index (χ2v) is 9.69. The van der Waals surface area contributed by atoms with Crippen molar-refractivity contribution in [3.63, 3.8) is 0 Å². The summed E-state index contributed by atoms with van der Waals surface area (Å²) in [6.45, 7) is 6.53. The van der Waals surface area contributed by atoms with E-state index in [1.165, 1.54) is 21.9 Å². The third kappa shape index (κ3) is 3.78. The molecule has 4 nitrogen and oxygen atoms in total. The minimum atomic E-state index is 0.407. The quantitative estimate of drug-likeness (QED) is 0.324. The lowest BCUT2D eigenvalue weighted by molar-refractivity contribution is 0.376. The third-order valence-electron chi connectivity index (χ3n) is 7.12. The molecule has 0 atom stereocenters. The Morgan fingerprint density at radius 1 is 0.824 bits per heavy atom. The van der Waals surface area contributed by atoms with E-state index in [1.54, 1.807) is 0 Å².